The highest BCUT2D eigenvalue weighted by molar-refractivity contribution is 14.2. The highest BCUT2D eigenvalue weighted by atomic mass is 127. The first-order chi connectivity index (χ1) is 14.2. The molecule has 156 valence electrons. The van der Waals surface area contributed by atoms with E-state index in [0.29, 0.717) is 18.4 Å². The normalized spacial score (nSPS) is 15.1. The van der Waals surface area contributed by atoms with E-state index in [9.17, 15) is 0 Å². The van der Waals surface area contributed by atoms with E-state index in [-0.39, 0.29) is 0 Å². The Morgan fingerprint density at radius 1 is 1.28 bits per heavy atom. The number of ether oxygens (including phenoxy) is 2. The summed E-state index contributed by atoms with van der Waals surface area (Å²) < 4.78 is 15.2. The van der Waals surface area contributed by atoms with Crippen molar-refractivity contribution in [3.8, 4) is 5.88 Å². The summed E-state index contributed by atoms with van der Waals surface area (Å²) in [5.41, 5.74) is 2.77. The molecule has 29 heavy (non-hydrogen) atoms. The lowest BCUT2D eigenvalue weighted by Gasteiger charge is -2.26. The molecular weight excluding hydrogens is 505 g/mol. The Morgan fingerprint density at radius 3 is 2.86 bits per heavy atom. The van der Waals surface area contributed by atoms with E-state index >= 15 is 0 Å². The molecule has 1 N–H and O–H groups in total. The highest BCUT2D eigenvalue weighted by Crippen LogP contribution is 2.30. The predicted molar refractivity (Wildman–Crippen MR) is 123 cm³/mol. The van der Waals surface area contributed by atoms with Gasteiger partial charge in [0.15, 0.2) is 5.65 Å². The molecule has 3 aromatic heterocycles. The first-order valence-electron chi connectivity index (χ1n) is 9.60. The van der Waals surface area contributed by atoms with Crippen LogP contribution < -0.4 is 10.1 Å². The maximum absolute atomic E-state index is 5.74. The topological polar surface area (TPSA) is 82.3 Å². The Bertz CT molecular complexity index is 971. The van der Waals surface area contributed by atoms with Crippen LogP contribution in [0.2, 0.25) is 0 Å². The third-order valence-electron chi connectivity index (χ3n) is 4.91. The van der Waals surface area contributed by atoms with Gasteiger partial charge in [-0.05, 0) is 19.9 Å². The SMILES string of the molecule is CCOc1nc(Nc2cnn(CCN3CCOCC3)c2C)nc2c1ccn2SI. The van der Waals surface area contributed by atoms with Gasteiger partial charge in [0.05, 0.1) is 49.3 Å². The third kappa shape index (κ3) is 4.62. The van der Waals surface area contributed by atoms with Crippen LogP contribution in [0.25, 0.3) is 11.0 Å². The van der Waals surface area contributed by atoms with Gasteiger partial charge in [0.1, 0.15) is 0 Å². The number of morpholine rings is 1. The van der Waals surface area contributed by atoms with Gasteiger partial charge >= 0.3 is 0 Å². The summed E-state index contributed by atoms with van der Waals surface area (Å²) >= 11 is 2.24. The fourth-order valence-electron chi connectivity index (χ4n) is 3.30. The first kappa shape index (κ1) is 20.7. The minimum atomic E-state index is 0.502. The van der Waals surface area contributed by atoms with Crippen molar-refractivity contribution in [2.24, 2.45) is 0 Å². The van der Waals surface area contributed by atoms with E-state index in [2.05, 4.69) is 53.4 Å². The summed E-state index contributed by atoms with van der Waals surface area (Å²) in [6, 6.07) is 1.98. The minimum Gasteiger partial charge on any atom is -0.477 e. The second kappa shape index (κ2) is 9.49. The second-order valence-corrected chi connectivity index (χ2v) is 8.39. The van der Waals surface area contributed by atoms with E-state index in [1.54, 1.807) is 9.12 Å². The number of hydrogen-bond donors (Lipinski definition) is 1. The molecule has 1 saturated heterocycles. The minimum absolute atomic E-state index is 0.502. The van der Waals surface area contributed by atoms with Crippen LogP contribution >= 0.6 is 30.3 Å². The molecule has 11 heteroatoms. The molecule has 0 bridgehead atoms. The van der Waals surface area contributed by atoms with Crippen LogP contribution in [0.1, 0.15) is 12.6 Å². The van der Waals surface area contributed by atoms with Crippen LogP contribution in [0.5, 0.6) is 5.88 Å². The number of halogens is 1. The van der Waals surface area contributed by atoms with Crippen molar-refractivity contribution in [3.05, 3.63) is 24.2 Å². The number of aromatic nitrogens is 5. The zero-order chi connectivity index (χ0) is 20.2. The first-order valence-corrected chi connectivity index (χ1v) is 12.9. The quantitative estimate of drug-likeness (QED) is 0.446. The maximum Gasteiger partial charge on any atom is 0.232 e. The van der Waals surface area contributed by atoms with Gasteiger partial charge in [0.25, 0.3) is 0 Å². The molecule has 0 aromatic carbocycles. The van der Waals surface area contributed by atoms with Crippen LogP contribution in [-0.2, 0) is 11.3 Å². The third-order valence-corrected chi connectivity index (χ3v) is 6.63. The zero-order valence-corrected chi connectivity index (χ0v) is 19.4. The number of nitrogens with one attached hydrogen (secondary N) is 1. The van der Waals surface area contributed by atoms with Crippen molar-refractivity contribution in [3.63, 3.8) is 0 Å². The van der Waals surface area contributed by atoms with Gasteiger partial charge in [-0.25, -0.2) is 0 Å². The summed E-state index contributed by atoms with van der Waals surface area (Å²) in [6.07, 6.45) is 3.80. The molecule has 4 rings (SSSR count). The van der Waals surface area contributed by atoms with Gasteiger partial charge in [-0.15, -0.1) is 0 Å². The molecule has 1 aliphatic rings. The Labute approximate surface area is 185 Å². The molecule has 0 radical (unpaired) electrons. The summed E-state index contributed by atoms with van der Waals surface area (Å²) in [6.45, 7) is 9.94. The monoisotopic (exact) mass is 529 g/mol. The molecule has 0 atom stereocenters. The van der Waals surface area contributed by atoms with Crippen molar-refractivity contribution in [2.75, 3.05) is 44.8 Å². The smallest absolute Gasteiger partial charge is 0.232 e. The van der Waals surface area contributed by atoms with E-state index in [1.165, 1.54) is 0 Å². The van der Waals surface area contributed by atoms with Gasteiger partial charge in [-0.2, -0.15) is 15.1 Å². The van der Waals surface area contributed by atoms with E-state index < -0.39 is 0 Å². The Kier molecular flexibility index (Phi) is 6.77. The summed E-state index contributed by atoms with van der Waals surface area (Å²) in [7, 11) is 1.56. The summed E-state index contributed by atoms with van der Waals surface area (Å²) in [5.74, 6) is 1.09. The van der Waals surface area contributed by atoms with Crippen LogP contribution in [0.4, 0.5) is 11.6 Å². The van der Waals surface area contributed by atoms with E-state index in [0.717, 1.165) is 61.8 Å². The van der Waals surface area contributed by atoms with Crippen molar-refractivity contribution in [1.29, 1.82) is 0 Å². The largest absolute Gasteiger partial charge is 0.477 e. The number of fused-ring (bicyclic) bond motifs is 1. The van der Waals surface area contributed by atoms with Crippen LogP contribution in [0.3, 0.4) is 0 Å². The zero-order valence-electron chi connectivity index (χ0n) is 16.5. The summed E-state index contributed by atoms with van der Waals surface area (Å²) in [4.78, 5) is 11.7. The second-order valence-electron chi connectivity index (χ2n) is 6.68. The van der Waals surface area contributed by atoms with Crippen molar-refractivity contribution in [1.82, 2.24) is 28.6 Å². The molecule has 1 aliphatic heterocycles. The average Bonchev–Trinajstić information content (AvgIpc) is 3.31. The highest BCUT2D eigenvalue weighted by Gasteiger charge is 2.16. The van der Waals surface area contributed by atoms with Gasteiger partial charge < -0.3 is 14.8 Å². The fraction of sp³-hybridized carbons (Fsp3) is 0.500. The fourth-order valence-corrected chi connectivity index (χ4v) is 4.56. The average molecular weight is 529 g/mol. The molecule has 9 nitrogen and oxygen atoms in total. The van der Waals surface area contributed by atoms with Gasteiger partial charge in [-0.3, -0.25) is 13.6 Å². The number of anilines is 2. The summed E-state index contributed by atoms with van der Waals surface area (Å²) in [5, 5.41) is 8.76. The molecular formula is C18H24IN7O2S. The Hall–Kier alpha value is -1.57. The van der Waals surface area contributed by atoms with Gasteiger partial charge in [-0.1, -0.05) is 0 Å². The lowest BCUT2D eigenvalue weighted by molar-refractivity contribution is 0.0359. The maximum atomic E-state index is 5.74. The molecule has 0 aliphatic carbocycles. The molecule has 4 heterocycles. The van der Waals surface area contributed by atoms with Gasteiger partial charge in [0, 0.05) is 56.2 Å². The molecule has 1 fully saturated rings. The number of hydrogen-bond acceptors (Lipinski definition) is 8. The standard InChI is InChI=1S/C18H24IN7O2S/c1-3-28-17-14-4-5-26(29-19)16(14)22-18(23-17)21-15-12-20-25(13(15)2)7-6-24-8-10-27-11-9-24/h4-5,12H,3,6-11H2,1-2H3,(H,21,22,23). The predicted octanol–water partition coefficient (Wildman–Crippen LogP) is 3.26. The van der Waals surface area contributed by atoms with Crippen molar-refractivity contribution >= 4 is 53.0 Å². The lowest BCUT2D eigenvalue weighted by Crippen LogP contribution is -2.38. The molecule has 3 aromatic rings. The molecule has 0 spiro atoms. The van der Waals surface area contributed by atoms with Crippen molar-refractivity contribution < 1.29 is 9.47 Å². The molecule has 0 saturated carbocycles. The lowest BCUT2D eigenvalue weighted by atomic mass is 10.3. The van der Waals surface area contributed by atoms with Crippen LogP contribution in [0.15, 0.2) is 18.5 Å². The molecule has 0 unspecified atom stereocenters. The number of nitrogens with zero attached hydrogens (tertiary/aromatic N) is 6. The Morgan fingerprint density at radius 2 is 2.10 bits per heavy atom. The van der Waals surface area contributed by atoms with Crippen molar-refractivity contribution in [2.45, 2.75) is 20.4 Å². The van der Waals surface area contributed by atoms with Crippen LogP contribution in [-0.4, -0.2) is 68.1 Å². The van der Waals surface area contributed by atoms with Gasteiger partial charge in [0.2, 0.25) is 11.8 Å². The van der Waals surface area contributed by atoms with E-state index in [1.807, 2.05) is 34.0 Å². The van der Waals surface area contributed by atoms with Crippen LogP contribution in [0, 0.1) is 6.92 Å². The Balaban J connectivity index is 1.52. The number of rotatable bonds is 8. The van der Waals surface area contributed by atoms with E-state index in [4.69, 9.17) is 9.47 Å². The molecule has 0 amide bonds.